The average Bonchev–Trinajstić information content (AvgIpc) is 2.52. The van der Waals surface area contributed by atoms with E-state index in [0.717, 1.165) is 25.7 Å². The van der Waals surface area contributed by atoms with Gasteiger partial charge in [0.2, 0.25) is 0 Å². The van der Waals surface area contributed by atoms with Crippen LogP contribution in [0.4, 0.5) is 0 Å². The fraction of sp³-hybridized carbons (Fsp3) is 0.850. The molecular formula is C20H38O2. The van der Waals surface area contributed by atoms with Crippen LogP contribution >= 0.6 is 0 Å². The normalized spacial score (nSPS) is 10.6. The number of unbranched alkanes of at least 4 members (excludes halogenated alkanes) is 11. The maximum absolute atomic E-state index is 11.7. The zero-order valence-electron chi connectivity index (χ0n) is 15.1. The standard InChI is InChI=1S/C20H38O2/c1-4-6-8-10-11-12-13-15-17-19(3)20(21)22-18-16-14-9-7-5-2/h3-18H2,1-2H3. The van der Waals surface area contributed by atoms with Crippen molar-refractivity contribution in [2.75, 3.05) is 6.61 Å². The predicted octanol–water partition coefficient (Wildman–Crippen LogP) is 6.59. The molecule has 0 aliphatic carbocycles. The maximum Gasteiger partial charge on any atom is 0.333 e. The molecule has 0 spiro atoms. The molecule has 0 radical (unpaired) electrons. The smallest absolute Gasteiger partial charge is 0.333 e. The Balaban J connectivity index is 3.37. The summed E-state index contributed by atoms with van der Waals surface area (Å²) in [6.07, 6.45) is 17.0. The summed E-state index contributed by atoms with van der Waals surface area (Å²) in [4.78, 5) is 11.7. The lowest BCUT2D eigenvalue weighted by molar-refractivity contribution is -0.139. The molecular weight excluding hydrogens is 272 g/mol. The number of rotatable bonds is 16. The Bertz CT molecular complexity index is 271. The van der Waals surface area contributed by atoms with Crippen molar-refractivity contribution >= 4 is 5.97 Å². The Kier molecular flexibility index (Phi) is 16.0. The largest absolute Gasteiger partial charge is 0.462 e. The molecule has 22 heavy (non-hydrogen) atoms. The Morgan fingerprint density at radius 3 is 1.73 bits per heavy atom. The van der Waals surface area contributed by atoms with E-state index >= 15 is 0 Å². The van der Waals surface area contributed by atoms with Gasteiger partial charge in [-0.3, -0.25) is 0 Å². The van der Waals surface area contributed by atoms with Crippen LogP contribution in [0, 0.1) is 0 Å². The highest BCUT2D eigenvalue weighted by Gasteiger charge is 2.07. The second-order valence-electron chi connectivity index (χ2n) is 6.38. The summed E-state index contributed by atoms with van der Waals surface area (Å²) in [5.41, 5.74) is 0.652. The van der Waals surface area contributed by atoms with E-state index < -0.39 is 0 Å². The van der Waals surface area contributed by atoms with Crippen molar-refractivity contribution in [1.29, 1.82) is 0 Å². The van der Waals surface area contributed by atoms with Crippen molar-refractivity contribution in [3.8, 4) is 0 Å². The fourth-order valence-electron chi connectivity index (χ4n) is 2.55. The molecule has 0 bridgehead atoms. The van der Waals surface area contributed by atoms with Gasteiger partial charge in [0.05, 0.1) is 6.61 Å². The van der Waals surface area contributed by atoms with Gasteiger partial charge in [-0.2, -0.15) is 0 Å². The molecule has 0 amide bonds. The summed E-state index contributed by atoms with van der Waals surface area (Å²) in [6.45, 7) is 8.87. The topological polar surface area (TPSA) is 26.3 Å². The molecule has 0 unspecified atom stereocenters. The van der Waals surface area contributed by atoms with Gasteiger partial charge in [0.15, 0.2) is 0 Å². The number of hydrogen-bond donors (Lipinski definition) is 0. The third-order valence-corrected chi connectivity index (χ3v) is 4.10. The molecule has 0 aliphatic heterocycles. The molecule has 0 aromatic carbocycles. The van der Waals surface area contributed by atoms with E-state index in [1.54, 1.807) is 0 Å². The molecule has 0 aliphatic rings. The van der Waals surface area contributed by atoms with Crippen LogP contribution in [0.2, 0.25) is 0 Å². The van der Waals surface area contributed by atoms with Crippen LogP contribution in [-0.2, 0) is 9.53 Å². The molecule has 0 aromatic heterocycles. The summed E-state index contributed by atoms with van der Waals surface area (Å²) in [7, 11) is 0. The average molecular weight is 311 g/mol. The Hall–Kier alpha value is -0.790. The van der Waals surface area contributed by atoms with Crippen molar-refractivity contribution in [2.45, 2.75) is 104 Å². The first kappa shape index (κ1) is 21.2. The van der Waals surface area contributed by atoms with Crippen molar-refractivity contribution in [3.05, 3.63) is 12.2 Å². The molecule has 0 fully saturated rings. The van der Waals surface area contributed by atoms with E-state index in [1.165, 1.54) is 64.2 Å². The highest BCUT2D eigenvalue weighted by atomic mass is 16.5. The SMILES string of the molecule is C=C(CCCCCCCCCC)C(=O)OCCCCCCC. The maximum atomic E-state index is 11.7. The molecule has 0 aromatic rings. The highest BCUT2D eigenvalue weighted by molar-refractivity contribution is 5.87. The molecule has 0 saturated heterocycles. The highest BCUT2D eigenvalue weighted by Crippen LogP contribution is 2.13. The first-order chi connectivity index (χ1) is 10.7. The Labute approximate surface area is 138 Å². The second-order valence-corrected chi connectivity index (χ2v) is 6.38. The van der Waals surface area contributed by atoms with Gasteiger partial charge in [-0.05, 0) is 19.3 Å². The predicted molar refractivity (Wildman–Crippen MR) is 96.1 cm³/mol. The molecule has 0 N–H and O–H groups in total. The summed E-state index contributed by atoms with van der Waals surface area (Å²) in [5.74, 6) is -0.182. The third kappa shape index (κ3) is 14.2. The van der Waals surface area contributed by atoms with Crippen LogP contribution in [0.5, 0.6) is 0 Å². The van der Waals surface area contributed by atoms with Crippen LogP contribution in [0.1, 0.15) is 104 Å². The van der Waals surface area contributed by atoms with E-state index in [2.05, 4.69) is 20.4 Å². The number of carbonyl (C=O) groups excluding carboxylic acids is 1. The van der Waals surface area contributed by atoms with Crippen LogP contribution in [0.15, 0.2) is 12.2 Å². The zero-order chi connectivity index (χ0) is 16.5. The molecule has 2 heteroatoms. The van der Waals surface area contributed by atoms with Gasteiger partial charge >= 0.3 is 5.97 Å². The van der Waals surface area contributed by atoms with Gasteiger partial charge in [0, 0.05) is 5.57 Å². The third-order valence-electron chi connectivity index (χ3n) is 4.10. The van der Waals surface area contributed by atoms with E-state index in [4.69, 9.17) is 4.74 Å². The second kappa shape index (κ2) is 16.6. The Morgan fingerprint density at radius 1 is 0.727 bits per heavy atom. The summed E-state index contributed by atoms with van der Waals surface area (Å²) >= 11 is 0. The molecule has 0 atom stereocenters. The van der Waals surface area contributed by atoms with Crippen molar-refractivity contribution in [3.63, 3.8) is 0 Å². The lowest BCUT2D eigenvalue weighted by atomic mass is 10.1. The molecule has 0 heterocycles. The zero-order valence-corrected chi connectivity index (χ0v) is 15.1. The number of esters is 1. The van der Waals surface area contributed by atoms with E-state index in [1.807, 2.05) is 0 Å². The van der Waals surface area contributed by atoms with Gasteiger partial charge in [-0.25, -0.2) is 4.79 Å². The summed E-state index contributed by atoms with van der Waals surface area (Å²) < 4.78 is 5.27. The first-order valence-corrected chi connectivity index (χ1v) is 9.57. The van der Waals surface area contributed by atoms with Crippen LogP contribution in [0.25, 0.3) is 0 Å². The van der Waals surface area contributed by atoms with Crippen LogP contribution in [-0.4, -0.2) is 12.6 Å². The number of ether oxygens (including phenoxy) is 1. The van der Waals surface area contributed by atoms with Gasteiger partial charge in [0.25, 0.3) is 0 Å². The monoisotopic (exact) mass is 310 g/mol. The lowest BCUT2D eigenvalue weighted by Gasteiger charge is -2.07. The van der Waals surface area contributed by atoms with Crippen molar-refractivity contribution < 1.29 is 9.53 Å². The van der Waals surface area contributed by atoms with Gasteiger partial charge in [-0.15, -0.1) is 0 Å². The van der Waals surface area contributed by atoms with Gasteiger partial charge in [0.1, 0.15) is 0 Å². The van der Waals surface area contributed by atoms with Gasteiger partial charge in [-0.1, -0.05) is 91.1 Å². The van der Waals surface area contributed by atoms with Crippen molar-refractivity contribution in [2.24, 2.45) is 0 Å². The fourth-order valence-corrected chi connectivity index (χ4v) is 2.55. The summed E-state index contributed by atoms with van der Waals surface area (Å²) in [6, 6.07) is 0. The molecule has 0 saturated carbocycles. The summed E-state index contributed by atoms with van der Waals surface area (Å²) in [5, 5.41) is 0. The van der Waals surface area contributed by atoms with Crippen molar-refractivity contribution in [1.82, 2.24) is 0 Å². The van der Waals surface area contributed by atoms with Crippen LogP contribution in [0.3, 0.4) is 0 Å². The molecule has 130 valence electrons. The first-order valence-electron chi connectivity index (χ1n) is 9.57. The van der Waals surface area contributed by atoms with E-state index in [-0.39, 0.29) is 5.97 Å². The molecule has 0 rings (SSSR count). The molecule has 2 nitrogen and oxygen atoms in total. The van der Waals surface area contributed by atoms with Crippen LogP contribution < -0.4 is 0 Å². The number of carbonyl (C=O) groups is 1. The van der Waals surface area contributed by atoms with Gasteiger partial charge < -0.3 is 4.74 Å². The van der Waals surface area contributed by atoms with E-state index in [9.17, 15) is 4.79 Å². The Morgan fingerprint density at radius 2 is 1.18 bits per heavy atom. The van der Waals surface area contributed by atoms with E-state index in [0.29, 0.717) is 12.2 Å². The minimum atomic E-state index is -0.182. The number of hydrogen-bond acceptors (Lipinski definition) is 2. The minimum Gasteiger partial charge on any atom is -0.462 e. The minimum absolute atomic E-state index is 0.182. The quantitative estimate of drug-likeness (QED) is 0.183. The lowest BCUT2D eigenvalue weighted by Crippen LogP contribution is -2.08.